The minimum Gasteiger partial charge on any atom is -0.383 e. The number of alkyl halides is 1. The standard InChI is InChI=1S/C5H12ClNO3S/c1-10-4-5(6)3-7-11(2,8)9/h5,7H,3-4H2,1-2H3. The van der Waals surface area contributed by atoms with Crippen LogP contribution in [0.1, 0.15) is 0 Å². The summed E-state index contributed by atoms with van der Waals surface area (Å²) >= 11 is 5.64. The highest BCUT2D eigenvalue weighted by Gasteiger charge is 2.06. The number of halogens is 1. The highest BCUT2D eigenvalue weighted by atomic mass is 35.5. The number of sulfonamides is 1. The number of hydrogen-bond donors (Lipinski definition) is 1. The van der Waals surface area contributed by atoms with Crippen LogP contribution in [0.5, 0.6) is 0 Å². The second-order valence-electron chi connectivity index (χ2n) is 2.17. The lowest BCUT2D eigenvalue weighted by Gasteiger charge is -2.07. The van der Waals surface area contributed by atoms with E-state index in [-0.39, 0.29) is 11.9 Å². The molecule has 0 aromatic heterocycles. The minimum absolute atomic E-state index is 0.203. The number of rotatable bonds is 5. The van der Waals surface area contributed by atoms with Gasteiger partial charge in [-0.3, -0.25) is 0 Å². The third-order valence-corrected chi connectivity index (χ3v) is 1.89. The third-order valence-electron chi connectivity index (χ3n) is 0.915. The van der Waals surface area contributed by atoms with Gasteiger partial charge in [-0.1, -0.05) is 0 Å². The van der Waals surface area contributed by atoms with E-state index in [0.29, 0.717) is 6.61 Å². The van der Waals surface area contributed by atoms with E-state index in [1.807, 2.05) is 0 Å². The Morgan fingerprint density at radius 1 is 1.64 bits per heavy atom. The fourth-order valence-electron chi connectivity index (χ4n) is 0.482. The summed E-state index contributed by atoms with van der Waals surface area (Å²) in [5.74, 6) is 0. The number of hydrogen-bond acceptors (Lipinski definition) is 3. The van der Waals surface area contributed by atoms with E-state index in [0.717, 1.165) is 6.26 Å². The van der Waals surface area contributed by atoms with Crippen molar-refractivity contribution >= 4 is 21.6 Å². The molecule has 0 rings (SSSR count). The van der Waals surface area contributed by atoms with Crippen molar-refractivity contribution in [2.75, 3.05) is 26.5 Å². The van der Waals surface area contributed by atoms with Crippen molar-refractivity contribution in [3.63, 3.8) is 0 Å². The van der Waals surface area contributed by atoms with Crippen LogP contribution >= 0.6 is 11.6 Å². The molecule has 0 saturated heterocycles. The summed E-state index contributed by atoms with van der Waals surface area (Å²) in [6, 6.07) is 0. The summed E-state index contributed by atoms with van der Waals surface area (Å²) in [7, 11) is -1.62. The largest absolute Gasteiger partial charge is 0.383 e. The number of methoxy groups -OCH3 is 1. The second kappa shape index (κ2) is 4.92. The van der Waals surface area contributed by atoms with Gasteiger partial charge in [0, 0.05) is 13.7 Å². The molecule has 0 bridgehead atoms. The summed E-state index contributed by atoms with van der Waals surface area (Å²) < 4.78 is 28.0. The molecule has 0 fully saturated rings. The molecule has 11 heavy (non-hydrogen) atoms. The molecule has 0 aliphatic carbocycles. The molecule has 0 aliphatic heterocycles. The Morgan fingerprint density at radius 3 is 2.55 bits per heavy atom. The molecule has 0 spiro atoms. The summed E-state index contributed by atoms with van der Waals surface area (Å²) in [4.78, 5) is 0. The molecule has 0 aliphatic rings. The van der Waals surface area contributed by atoms with E-state index in [2.05, 4.69) is 4.72 Å². The summed E-state index contributed by atoms with van der Waals surface area (Å²) in [6.07, 6.45) is 1.09. The molecule has 4 nitrogen and oxygen atoms in total. The van der Waals surface area contributed by atoms with Gasteiger partial charge in [-0.15, -0.1) is 11.6 Å². The van der Waals surface area contributed by atoms with Gasteiger partial charge in [-0.25, -0.2) is 13.1 Å². The van der Waals surface area contributed by atoms with E-state index >= 15 is 0 Å². The van der Waals surface area contributed by atoms with Crippen LogP contribution in [0.3, 0.4) is 0 Å². The predicted octanol–water partition coefficient (Wildman–Crippen LogP) is -0.211. The summed E-state index contributed by atoms with van der Waals surface area (Å²) in [5.41, 5.74) is 0. The van der Waals surface area contributed by atoms with Crippen molar-refractivity contribution in [2.45, 2.75) is 5.38 Å². The molecule has 1 atom stereocenters. The fraction of sp³-hybridized carbons (Fsp3) is 1.00. The van der Waals surface area contributed by atoms with Crippen LogP contribution in [0.15, 0.2) is 0 Å². The maximum Gasteiger partial charge on any atom is 0.208 e. The zero-order valence-electron chi connectivity index (χ0n) is 6.50. The minimum atomic E-state index is -3.13. The molecule has 1 unspecified atom stereocenters. The molecule has 0 amide bonds. The quantitative estimate of drug-likeness (QED) is 0.627. The van der Waals surface area contributed by atoms with Gasteiger partial charge in [0.2, 0.25) is 10.0 Å². The fourth-order valence-corrected chi connectivity index (χ4v) is 1.28. The van der Waals surface area contributed by atoms with Gasteiger partial charge in [-0.05, 0) is 0 Å². The van der Waals surface area contributed by atoms with E-state index in [4.69, 9.17) is 16.3 Å². The van der Waals surface area contributed by atoms with Gasteiger partial charge in [0.25, 0.3) is 0 Å². The second-order valence-corrected chi connectivity index (χ2v) is 4.62. The van der Waals surface area contributed by atoms with Crippen LogP contribution in [0.25, 0.3) is 0 Å². The SMILES string of the molecule is COCC(Cl)CNS(C)(=O)=O. The van der Waals surface area contributed by atoms with E-state index < -0.39 is 10.0 Å². The van der Waals surface area contributed by atoms with Crippen LogP contribution in [0.2, 0.25) is 0 Å². The van der Waals surface area contributed by atoms with Crippen LogP contribution < -0.4 is 4.72 Å². The third kappa shape index (κ3) is 8.06. The Kier molecular flexibility index (Phi) is 4.99. The van der Waals surface area contributed by atoms with Crippen LogP contribution in [0.4, 0.5) is 0 Å². The van der Waals surface area contributed by atoms with Gasteiger partial charge in [-0.2, -0.15) is 0 Å². The molecule has 68 valence electrons. The van der Waals surface area contributed by atoms with E-state index in [1.165, 1.54) is 7.11 Å². The molecule has 0 saturated carbocycles. The summed E-state index contributed by atoms with van der Waals surface area (Å²) in [5, 5.41) is -0.310. The molecule has 1 N–H and O–H groups in total. The Bertz CT molecular complexity index is 192. The first-order valence-corrected chi connectivity index (χ1v) is 5.36. The number of ether oxygens (including phenoxy) is 1. The predicted molar refractivity (Wildman–Crippen MR) is 44.4 cm³/mol. The molecular formula is C5H12ClNO3S. The van der Waals surface area contributed by atoms with Gasteiger partial charge in [0.1, 0.15) is 0 Å². The highest BCUT2D eigenvalue weighted by molar-refractivity contribution is 7.88. The molecule has 6 heteroatoms. The Morgan fingerprint density at radius 2 is 2.18 bits per heavy atom. The van der Waals surface area contributed by atoms with Gasteiger partial charge in [0.05, 0.1) is 18.2 Å². The molecule has 0 heterocycles. The zero-order valence-corrected chi connectivity index (χ0v) is 8.07. The summed E-state index contributed by atoms with van der Waals surface area (Å²) in [6.45, 7) is 0.540. The zero-order chi connectivity index (χ0) is 8.91. The van der Waals surface area contributed by atoms with Crippen LogP contribution in [-0.4, -0.2) is 40.3 Å². The first kappa shape index (κ1) is 11.2. The average molecular weight is 202 g/mol. The van der Waals surface area contributed by atoms with E-state index in [1.54, 1.807) is 0 Å². The first-order chi connectivity index (χ1) is 4.95. The number of nitrogens with one attached hydrogen (secondary N) is 1. The van der Waals surface area contributed by atoms with E-state index in [9.17, 15) is 8.42 Å². The van der Waals surface area contributed by atoms with Crippen molar-refractivity contribution in [2.24, 2.45) is 0 Å². The highest BCUT2D eigenvalue weighted by Crippen LogP contribution is 1.93. The van der Waals surface area contributed by atoms with Crippen LogP contribution in [-0.2, 0) is 14.8 Å². The molecule has 0 radical (unpaired) electrons. The Labute approximate surface area is 71.9 Å². The topological polar surface area (TPSA) is 55.4 Å². The smallest absolute Gasteiger partial charge is 0.208 e. The van der Waals surface area contributed by atoms with Crippen molar-refractivity contribution in [1.29, 1.82) is 0 Å². The van der Waals surface area contributed by atoms with Gasteiger partial charge in [0.15, 0.2) is 0 Å². The lowest BCUT2D eigenvalue weighted by molar-refractivity contribution is 0.198. The normalized spacial score (nSPS) is 14.8. The van der Waals surface area contributed by atoms with Crippen molar-refractivity contribution in [3.05, 3.63) is 0 Å². The Balaban J connectivity index is 3.54. The Hall–Kier alpha value is 0.160. The molecule has 0 aromatic carbocycles. The van der Waals surface area contributed by atoms with Crippen molar-refractivity contribution in [3.8, 4) is 0 Å². The monoisotopic (exact) mass is 201 g/mol. The molecule has 0 aromatic rings. The van der Waals surface area contributed by atoms with Crippen molar-refractivity contribution < 1.29 is 13.2 Å². The first-order valence-electron chi connectivity index (χ1n) is 3.03. The lowest BCUT2D eigenvalue weighted by atomic mass is 10.5. The van der Waals surface area contributed by atoms with Gasteiger partial charge < -0.3 is 4.74 Å². The van der Waals surface area contributed by atoms with Crippen molar-refractivity contribution in [1.82, 2.24) is 4.72 Å². The average Bonchev–Trinajstić information content (AvgIpc) is 1.83. The maximum absolute atomic E-state index is 10.5. The van der Waals surface area contributed by atoms with Gasteiger partial charge >= 0.3 is 0 Å². The molecular weight excluding hydrogens is 190 g/mol. The maximum atomic E-state index is 10.5. The van der Waals surface area contributed by atoms with Crippen LogP contribution in [0, 0.1) is 0 Å². The lowest BCUT2D eigenvalue weighted by Crippen LogP contribution is -2.30.